The molecular weight excluding hydrogens is 278 g/mol. The number of benzene rings is 1. The molecule has 22 heavy (non-hydrogen) atoms. The molecule has 1 aromatic carbocycles. The summed E-state index contributed by atoms with van der Waals surface area (Å²) < 4.78 is 5.40. The Kier molecular flexibility index (Phi) is 5.21. The lowest BCUT2D eigenvalue weighted by atomic mass is 10.0. The Balaban J connectivity index is 2.11. The Labute approximate surface area is 131 Å². The van der Waals surface area contributed by atoms with Gasteiger partial charge in [0, 0.05) is 18.8 Å². The van der Waals surface area contributed by atoms with Gasteiger partial charge in [0.25, 0.3) is 0 Å². The minimum absolute atomic E-state index is 0.221. The third-order valence-corrected chi connectivity index (χ3v) is 3.77. The highest BCUT2D eigenvalue weighted by molar-refractivity contribution is 5.95. The number of hydrogen-bond acceptors (Lipinski definition) is 3. The molecule has 0 saturated carbocycles. The van der Waals surface area contributed by atoms with E-state index in [-0.39, 0.29) is 17.9 Å². The lowest BCUT2D eigenvalue weighted by Gasteiger charge is -2.21. The van der Waals surface area contributed by atoms with Gasteiger partial charge in [-0.15, -0.1) is 11.8 Å². The van der Waals surface area contributed by atoms with Gasteiger partial charge in [0.2, 0.25) is 5.91 Å². The molecule has 0 spiro atoms. The SMILES string of the molecule is CCC#CCC(C)C(=O)N1C(=O)OC(c2ccccc2)C1C. The van der Waals surface area contributed by atoms with Crippen LogP contribution in [0.3, 0.4) is 0 Å². The van der Waals surface area contributed by atoms with Crippen molar-refractivity contribution in [1.82, 2.24) is 4.90 Å². The van der Waals surface area contributed by atoms with Crippen molar-refractivity contribution in [3.8, 4) is 11.8 Å². The number of nitrogens with zero attached hydrogens (tertiary/aromatic N) is 1. The van der Waals surface area contributed by atoms with E-state index < -0.39 is 12.2 Å². The molecule has 0 aliphatic carbocycles. The number of cyclic esters (lactones) is 1. The standard InChI is InChI=1S/C18H21NO3/c1-4-5-7-10-13(2)17(20)19-14(3)16(22-18(19)21)15-11-8-6-9-12-15/h6,8-9,11-14,16H,4,10H2,1-3H3. The van der Waals surface area contributed by atoms with Crippen LogP contribution in [-0.2, 0) is 9.53 Å². The predicted molar refractivity (Wildman–Crippen MR) is 83.8 cm³/mol. The van der Waals surface area contributed by atoms with Crippen molar-refractivity contribution in [2.75, 3.05) is 0 Å². The molecule has 116 valence electrons. The van der Waals surface area contributed by atoms with E-state index in [0.29, 0.717) is 6.42 Å². The second-order valence-corrected chi connectivity index (χ2v) is 5.48. The fourth-order valence-electron chi connectivity index (χ4n) is 2.52. The van der Waals surface area contributed by atoms with Crippen LogP contribution >= 0.6 is 0 Å². The van der Waals surface area contributed by atoms with E-state index in [1.54, 1.807) is 6.92 Å². The minimum Gasteiger partial charge on any atom is -0.439 e. The number of ether oxygens (including phenoxy) is 1. The van der Waals surface area contributed by atoms with Gasteiger partial charge in [0.15, 0.2) is 0 Å². The summed E-state index contributed by atoms with van der Waals surface area (Å²) in [7, 11) is 0. The Morgan fingerprint density at radius 2 is 2.00 bits per heavy atom. The number of amides is 2. The molecule has 1 heterocycles. The van der Waals surface area contributed by atoms with Crippen LogP contribution < -0.4 is 0 Å². The molecule has 0 bridgehead atoms. The Hall–Kier alpha value is -2.28. The molecule has 0 radical (unpaired) electrons. The highest BCUT2D eigenvalue weighted by Crippen LogP contribution is 2.33. The van der Waals surface area contributed by atoms with Crippen molar-refractivity contribution >= 4 is 12.0 Å². The first kappa shape index (κ1) is 16.1. The second-order valence-electron chi connectivity index (χ2n) is 5.48. The van der Waals surface area contributed by atoms with Gasteiger partial charge in [-0.3, -0.25) is 4.79 Å². The van der Waals surface area contributed by atoms with Crippen molar-refractivity contribution in [2.24, 2.45) is 5.92 Å². The van der Waals surface area contributed by atoms with Crippen molar-refractivity contribution in [2.45, 2.75) is 45.8 Å². The Morgan fingerprint density at radius 1 is 1.32 bits per heavy atom. The maximum Gasteiger partial charge on any atom is 0.417 e. The third-order valence-electron chi connectivity index (χ3n) is 3.77. The summed E-state index contributed by atoms with van der Waals surface area (Å²) in [4.78, 5) is 25.8. The minimum atomic E-state index is -0.568. The summed E-state index contributed by atoms with van der Waals surface area (Å²) in [6, 6.07) is 9.18. The molecule has 3 unspecified atom stereocenters. The van der Waals surface area contributed by atoms with E-state index in [0.717, 1.165) is 12.0 Å². The number of carbonyl (C=O) groups excluding carboxylic acids is 2. The average molecular weight is 299 g/mol. The fraction of sp³-hybridized carbons (Fsp3) is 0.444. The lowest BCUT2D eigenvalue weighted by Crippen LogP contribution is -2.40. The third kappa shape index (κ3) is 3.30. The van der Waals surface area contributed by atoms with Crippen LogP contribution in [-0.4, -0.2) is 22.9 Å². The van der Waals surface area contributed by atoms with Gasteiger partial charge < -0.3 is 4.74 Å². The van der Waals surface area contributed by atoms with Gasteiger partial charge in [-0.25, -0.2) is 9.69 Å². The molecule has 1 aliphatic rings. The molecule has 1 aliphatic heterocycles. The predicted octanol–water partition coefficient (Wildman–Crippen LogP) is 3.53. The van der Waals surface area contributed by atoms with Gasteiger partial charge in [-0.1, -0.05) is 44.2 Å². The van der Waals surface area contributed by atoms with Crippen molar-refractivity contribution in [1.29, 1.82) is 0 Å². The Bertz CT molecular complexity index is 600. The number of carbonyl (C=O) groups is 2. The van der Waals surface area contributed by atoms with Crippen molar-refractivity contribution < 1.29 is 14.3 Å². The molecule has 0 aromatic heterocycles. The first-order chi connectivity index (χ1) is 10.6. The van der Waals surface area contributed by atoms with Crippen LogP contribution in [0.4, 0.5) is 4.79 Å². The van der Waals surface area contributed by atoms with E-state index in [9.17, 15) is 9.59 Å². The molecular formula is C18H21NO3. The zero-order valence-corrected chi connectivity index (χ0v) is 13.2. The molecule has 1 saturated heterocycles. The normalized spacial score (nSPS) is 21.8. The monoisotopic (exact) mass is 299 g/mol. The summed E-state index contributed by atoms with van der Waals surface area (Å²) >= 11 is 0. The van der Waals surface area contributed by atoms with Crippen LogP contribution in [0.15, 0.2) is 30.3 Å². The number of imide groups is 1. The second kappa shape index (κ2) is 7.13. The van der Waals surface area contributed by atoms with Gasteiger partial charge in [0.1, 0.15) is 6.10 Å². The highest BCUT2D eigenvalue weighted by atomic mass is 16.6. The molecule has 4 nitrogen and oxygen atoms in total. The summed E-state index contributed by atoms with van der Waals surface area (Å²) in [5, 5.41) is 0. The zero-order chi connectivity index (χ0) is 16.1. The maximum absolute atomic E-state index is 12.5. The quantitative estimate of drug-likeness (QED) is 0.802. The number of hydrogen-bond donors (Lipinski definition) is 0. The van der Waals surface area contributed by atoms with E-state index >= 15 is 0 Å². The molecule has 0 N–H and O–H groups in total. The van der Waals surface area contributed by atoms with Gasteiger partial charge >= 0.3 is 6.09 Å². The highest BCUT2D eigenvalue weighted by Gasteiger charge is 2.44. The lowest BCUT2D eigenvalue weighted by molar-refractivity contribution is -0.132. The summed E-state index contributed by atoms with van der Waals surface area (Å²) in [5.74, 6) is 5.37. The van der Waals surface area contributed by atoms with Gasteiger partial charge in [-0.2, -0.15) is 0 Å². The molecule has 2 rings (SSSR count). The van der Waals surface area contributed by atoms with Gasteiger partial charge in [-0.05, 0) is 12.5 Å². The maximum atomic E-state index is 12.5. The fourth-order valence-corrected chi connectivity index (χ4v) is 2.52. The van der Waals surface area contributed by atoms with Crippen LogP contribution in [0.1, 0.15) is 45.3 Å². The van der Waals surface area contributed by atoms with Crippen LogP contribution in [0.25, 0.3) is 0 Å². The van der Waals surface area contributed by atoms with Crippen molar-refractivity contribution in [3.05, 3.63) is 35.9 Å². The summed E-state index contributed by atoms with van der Waals surface area (Å²) in [5.41, 5.74) is 0.900. The first-order valence-corrected chi connectivity index (χ1v) is 7.60. The molecule has 4 heteroatoms. The molecule has 3 atom stereocenters. The average Bonchev–Trinajstić information content (AvgIpc) is 2.82. The Morgan fingerprint density at radius 3 is 2.64 bits per heavy atom. The molecule has 1 fully saturated rings. The smallest absolute Gasteiger partial charge is 0.417 e. The summed E-state index contributed by atoms with van der Waals surface area (Å²) in [6.07, 6.45) is 0.242. The molecule has 2 amide bonds. The van der Waals surface area contributed by atoms with Crippen LogP contribution in [0, 0.1) is 17.8 Å². The number of rotatable bonds is 3. The molecule has 1 aromatic rings. The first-order valence-electron chi connectivity index (χ1n) is 7.60. The van der Waals surface area contributed by atoms with E-state index in [2.05, 4.69) is 11.8 Å². The summed E-state index contributed by atoms with van der Waals surface area (Å²) in [6.45, 7) is 5.59. The zero-order valence-electron chi connectivity index (χ0n) is 13.2. The topological polar surface area (TPSA) is 46.6 Å². The van der Waals surface area contributed by atoms with Gasteiger partial charge in [0.05, 0.1) is 6.04 Å². The van der Waals surface area contributed by atoms with Crippen LogP contribution in [0.5, 0.6) is 0 Å². The van der Waals surface area contributed by atoms with E-state index in [4.69, 9.17) is 4.74 Å². The largest absolute Gasteiger partial charge is 0.439 e. The van der Waals surface area contributed by atoms with E-state index in [1.165, 1.54) is 4.90 Å². The van der Waals surface area contributed by atoms with E-state index in [1.807, 2.05) is 44.2 Å². The van der Waals surface area contributed by atoms with Crippen molar-refractivity contribution in [3.63, 3.8) is 0 Å². The van der Waals surface area contributed by atoms with Crippen LogP contribution in [0.2, 0.25) is 0 Å².